The van der Waals surface area contributed by atoms with E-state index in [4.69, 9.17) is 0 Å². The van der Waals surface area contributed by atoms with Gasteiger partial charge in [-0.15, -0.1) is 0 Å². The molecule has 0 atom stereocenters. The third-order valence-electron chi connectivity index (χ3n) is 4.28. The molecule has 22 heavy (non-hydrogen) atoms. The molecule has 3 aromatic rings. The molecule has 1 aromatic heterocycles. The van der Waals surface area contributed by atoms with E-state index in [-0.39, 0.29) is 5.78 Å². The first-order valence-corrected chi connectivity index (χ1v) is 7.38. The Labute approximate surface area is 129 Å². The minimum atomic E-state index is 0.0809. The molecule has 2 aromatic carbocycles. The van der Waals surface area contributed by atoms with Crippen LogP contribution in [0.5, 0.6) is 0 Å². The van der Waals surface area contributed by atoms with Crippen LogP contribution < -0.4 is 5.32 Å². The Balaban J connectivity index is 2.22. The summed E-state index contributed by atoms with van der Waals surface area (Å²) in [5.41, 5.74) is 8.02. The van der Waals surface area contributed by atoms with E-state index < -0.39 is 0 Å². The number of aryl methyl sites for hydroxylation is 2. The standard InChI is InChI=1S/C19H16N2O/c1-10-7-8-16-18-14(9-11(2)20-16)17-13(12(3)22)5-4-6-15(17)21-19(10)18/h4-9,21H,1-3H3. The van der Waals surface area contributed by atoms with Crippen molar-refractivity contribution in [2.45, 2.75) is 20.8 Å². The van der Waals surface area contributed by atoms with Crippen LogP contribution in [0, 0.1) is 13.8 Å². The summed E-state index contributed by atoms with van der Waals surface area (Å²) in [6, 6.07) is 12.1. The molecule has 2 heterocycles. The van der Waals surface area contributed by atoms with Gasteiger partial charge < -0.3 is 5.32 Å². The average Bonchev–Trinajstić information content (AvgIpc) is 2.49. The number of nitrogens with one attached hydrogen (secondary N) is 1. The molecule has 108 valence electrons. The van der Waals surface area contributed by atoms with Crippen LogP contribution in [0.15, 0.2) is 36.4 Å². The summed E-state index contributed by atoms with van der Waals surface area (Å²) >= 11 is 0. The number of ketones is 1. The molecule has 4 rings (SSSR count). The van der Waals surface area contributed by atoms with Gasteiger partial charge in [0.2, 0.25) is 0 Å². The number of carbonyl (C=O) groups excluding carboxylic acids is 1. The van der Waals surface area contributed by atoms with Gasteiger partial charge in [0.05, 0.1) is 11.2 Å². The Morgan fingerprint density at radius 1 is 1.14 bits per heavy atom. The molecular formula is C19H16N2O. The third kappa shape index (κ3) is 1.69. The van der Waals surface area contributed by atoms with E-state index in [1.54, 1.807) is 6.92 Å². The van der Waals surface area contributed by atoms with Crippen LogP contribution in [0.4, 0.5) is 11.4 Å². The van der Waals surface area contributed by atoms with Crippen molar-refractivity contribution in [1.29, 1.82) is 0 Å². The number of carbonyl (C=O) groups is 1. The summed E-state index contributed by atoms with van der Waals surface area (Å²) in [5.74, 6) is 0.0809. The van der Waals surface area contributed by atoms with Crippen LogP contribution in [0.3, 0.4) is 0 Å². The molecular weight excluding hydrogens is 272 g/mol. The van der Waals surface area contributed by atoms with Crippen molar-refractivity contribution in [3.8, 4) is 11.1 Å². The topological polar surface area (TPSA) is 42.0 Å². The number of benzene rings is 2. The molecule has 3 heteroatoms. The number of anilines is 2. The summed E-state index contributed by atoms with van der Waals surface area (Å²) in [5, 5.41) is 4.60. The second-order valence-electron chi connectivity index (χ2n) is 5.87. The highest BCUT2D eigenvalue weighted by Crippen LogP contribution is 2.46. The van der Waals surface area contributed by atoms with Crippen molar-refractivity contribution in [3.05, 3.63) is 53.2 Å². The predicted molar refractivity (Wildman–Crippen MR) is 89.9 cm³/mol. The molecule has 0 saturated carbocycles. The van der Waals surface area contributed by atoms with Crippen LogP contribution >= 0.6 is 0 Å². The minimum absolute atomic E-state index is 0.0809. The SMILES string of the molecule is CC(=O)c1cccc2c1-c1cc(C)nc3ccc(C)c(c13)N2. The Morgan fingerprint density at radius 3 is 2.73 bits per heavy atom. The zero-order chi connectivity index (χ0) is 15.4. The van der Waals surface area contributed by atoms with Gasteiger partial charge in [-0.3, -0.25) is 9.78 Å². The molecule has 1 N–H and O–H groups in total. The zero-order valence-corrected chi connectivity index (χ0v) is 12.8. The highest BCUT2D eigenvalue weighted by molar-refractivity contribution is 6.15. The number of hydrogen-bond donors (Lipinski definition) is 1. The lowest BCUT2D eigenvalue weighted by Crippen LogP contribution is -2.08. The minimum Gasteiger partial charge on any atom is -0.354 e. The Morgan fingerprint density at radius 2 is 1.95 bits per heavy atom. The van der Waals surface area contributed by atoms with E-state index in [1.165, 1.54) is 5.56 Å². The van der Waals surface area contributed by atoms with Gasteiger partial charge in [-0.05, 0) is 50.1 Å². The van der Waals surface area contributed by atoms with E-state index in [0.717, 1.165) is 44.7 Å². The summed E-state index contributed by atoms with van der Waals surface area (Å²) in [4.78, 5) is 16.7. The van der Waals surface area contributed by atoms with Gasteiger partial charge in [-0.2, -0.15) is 0 Å². The normalized spacial score (nSPS) is 12.0. The molecule has 0 bridgehead atoms. The average molecular weight is 288 g/mol. The molecule has 0 spiro atoms. The van der Waals surface area contributed by atoms with Crippen molar-refractivity contribution < 1.29 is 4.79 Å². The largest absolute Gasteiger partial charge is 0.354 e. The van der Waals surface area contributed by atoms with Gasteiger partial charge >= 0.3 is 0 Å². The van der Waals surface area contributed by atoms with Crippen LogP contribution in [0.2, 0.25) is 0 Å². The number of hydrogen-bond acceptors (Lipinski definition) is 3. The second-order valence-corrected chi connectivity index (χ2v) is 5.87. The maximum absolute atomic E-state index is 12.1. The lowest BCUT2D eigenvalue weighted by atomic mass is 9.88. The third-order valence-corrected chi connectivity index (χ3v) is 4.28. The van der Waals surface area contributed by atoms with Crippen LogP contribution in [0.1, 0.15) is 28.5 Å². The smallest absolute Gasteiger partial charge is 0.160 e. The van der Waals surface area contributed by atoms with Crippen LogP contribution in [-0.4, -0.2) is 10.8 Å². The highest BCUT2D eigenvalue weighted by Gasteiger charge is 2.23. The fourth-order valence-corrected chi connectivity index (χ4v) is 3.30. The Hall–Kier alpha value is -2.68. The molecule has 3 nitrogen and oxygen atoms in total. The lowest BCUT2D eigenvalue weighted by Gasteiger charge is -2.25. The number of Topliss-reactive ketones (excluding diaryl/α,β-unsaturated/α-hetero) is 1. The molecule has 0 unspecified atom stereocenters. The van der Waals surface area contributed by atoms with Gasteiger partial charge in [-0.1, -0.05) is 18.2 Å². The van der Waals surface area contributed by atoms with Gasteiger partial charge in [-0.25, -0.2) is 0 Å². The molecule has 0 saturated heterocycles. The van der Waals surface area contributed by atoms with Crippen molar-refractivity contribution in [3.63, 3.8) is 0 Å². The second kappa shape index (κ2) is 4.41. The number of nitrogens with zero attached hydrogens (tertiary/aromatic N) is 1. The van der Waals surface area contributed by atoms with Crippen LogP contribution in [0.25, 0.3) is 22.0 Å². The number of rotatable bonds is 1. The van der Waals surface area contributed by atoms with Gasteiger partial charge in [0.25, 0.3) is 0 Å². The molecule has 0 amide bonds. The van der Waals surface area contributed by atoms with E-state index in [9.17, 15) is 4.79 Å². The van der Waals surface area contributed by atoms with Crippen LogP contribution in [-0.2, 0) is 0 Å². The Bertz CT molecular complexity index is 957. The van der Waals surface area contributed by atoms with E-state index in [2.05, 4.69) is 29.4 Å². The highest BCUT2D eigenvalue weighted by atomic mass is 16.1. The number of pyridine rings is 1. The fraction of sp³-hybridized carbons (Fsp3) is 0.158. The lowest BCUT2D eigenvalue weighted by molar-refractivity contribution is 0.101. The van der Waals surface area contributed by atoms with Gasteiger partial charge in [0.15, 0.2) is 5.78 Å². The maximum Gasteiger partial charge on any atom is 0.160 e. The first-order valence-electron chi connectivity index (χ1n) is 7.38. The van der Waals surface area contributed by atoms with Gasteiger partial charge in [0.1, 0.15) is 0 Å². The first-order chi connectivity index (χ1) is 10.6. The first kappa shape index (κ1) is 13.0. The van der Waals surface area contributed by atoms with E-state index >= 15 is 0 Å². The summed E-state index contributed by atoms with van der Waals surface area (Å²) in [7, 11) is 0. The number of aromatic nitrogens is 1. The molecule has 1 aliphatic rings. The molecule has 0 fully saturated rings. The molecule has 1 aliphatic heterocycles. The van der Waals surface area contributed by atoms with Crippen molar-refractivity contribution in [2.24, 2.45) is 0 Å². The quantitative estimate of drug-likeness (QED) is 0.513. The molecule has 0 radical (unpaired) electrons. The monoisotopic (exact) mass is 288 g/mol. The predicted octanol–water partition coefficient (Wildman–Crippen LogP) is 4.78. The zero-order valence-electron chi connectivity index (χ0n) is 12.8. The summed E-state index contributed by atoms with van der Waals surface area (Å²) < 4.78 is 0. The van der Waals surface area contributed by atoms with E-state index in [1.807, 2.05) is 31.2 Å². The van der Waals surface area contributed by atoms with Crippen molar-refractivity contribution >= 4 is 28.1 Å². The van der Waals surface area contributed by atoms with E-state index in [0.29, 0.717) is 0 Å². The fourth-order valence-electron chi connectivity index (χ4n) is 3.30. The van der Waals surface area contributed by atoms with Gasteiger partial charge in [0, 0.05) is 27.9 Å². The molecule has 0 aliphatic carbocycles. The Kier molecular flexibility index (Phi) is 2.61. The van der Waals surface area contributed by atoms with Crippen molar-refractivity contribution in [2.75, 3.05) is 5.32 Å². The summed E-state index contributed by atoms with van der Waals surface area (Å²) in [6.45, 7) is 5.70. The maximum atomic E-state index is 12.1. The summed E-state index contributed by atoms with van der Waals surface area (Å²) in [6.07, 6.45) is 0. The van der Waals surface area contributed by atoms with Crippen molar-refractivity contribution in [1.82, 2.24) is 4.98 Å². The number of fused-ring (bicyclic) bond motifs is 2.